The second-order valence-electron chi connectivity index (χ2n) is 6.69. The molecule has 0 radical (unpaired) electrons. The van der Waals surface area contributed by atoms with E-state index >= 15 is 0 Å². The monoisotopic (exact) mass is 275 g/mol. The van der Waals surface area contributed by atoms with Crippen LogP contribution in [0.15, 0.2) is 18.3 Å². The van der Waals surface area contributed by atoms with E-state index < -0.39 is 0 Å². The van der Waals surface area contributed by atoms with Crippen molar-refractivity contribution >= 4 is 5.69 Å². The van der Waals surface area contributed by atoms with Crippen molar-refractivity contribution < 1.29 is 0 Å². The second kappa shape index (κ2) is 6.57. The first-order chi connectivity index (χ1) is 9.52. The Kier molecular flexibility index (Phi) is 5.03. The van der Waals surface area contributed by atoms with Gasteiger partial charge < -0.3 is 10.2 Å². The molecule has 0 spiro atoms. The number of nitrogens with zero attached hydrogens (tertiary/aromatic N) is 2. The third-order valence-corrected chi connectivity index (χ3v) is 4.68. The summed E-state index contributed by atoms with van der Waals surface area (Å²) in [5.41, 5.74) is 3.02. The molecular formula is C17H29N3. The van der Waals surface area contributed by atoms with E-state index in [1.807, 2.05) is 6.20 Å². The van der Waals surface area contributed by atoms with E-state index in [1.54, 1.807) is 0 Å². The minimum atomic E-state index is 0.501. The Labute approximate surface area is 123 Å². The number of rotatable bonds is 5. The van der Waals surface area contributed by atoms with Gasteiger partial charge >= 0.3 is 0 Å². The van der Waals surface area contributed by atoms with Crippen LogP contribution in [0, 0.1) is 5.41 Å². The highest BCUT2D eigenvalue weighted by Crippen LogP contribution is 2.35. The minimum absolute atomic E-state index is 0.501. The maximum Gasteiger partial charge on any atom is 0.0562 e. The zero-order chi connectivity index (χ0) is 14.6. The minimum Gasteiger partial charge on any atom is -0.371 e. The molecule has 0 saturated carbocycles. The molecule has 0 aromatic carbocycles. The van der Waals surface area contributed by atoms with Crippen LogP contribution in [0.5, 0.6) is 0 Å². The highest BCUT2D eigenvalue weighted by atomic mass is 15.1. The lowest BCUT2D eigenvalue weighted by molar-refractivity contribution is 0.238. The molecule has 0 aliphatic carbocycles. The van der Waals surface area contributed by atoms with Gasteiger partial charge in [-0.3, -0.25) is 4.98 Å². The number of nitrogens with one attached hydrogen (secondary N) is 1. The molecule has 112 valence electrons. The Morgan fingerprint density at radius 3 is 2.65 bits per heavy atom. The van der Waals surface area contributed by atoms with Gasteiger partial charge in [-0.1, -0.05) is 34.1 Å². The smallest absolute Gasteiger partial charge is 0.0562 e. The van der Waals surface area contributed by atoms with Crippen LogP contribution in [-0.4, -0.2) is 24.1 Å². The zero-order valence-electron chi connectivity index (χ0n) is 13.4. The molecule has 3 nitrogen and oxygen atoms in total. The molecule has 2 heterocycles. The SMILES string of the molecule is CCC1(C)CCN(c2ccnc(CNC(C)C)c2)CC1. The maximum atomic E-state index is 4.46. The molecule has 0 atom stereocenters. The van der Waals surface area contributed by atoms with E-state index in [2.05, 4.69) is 55.0 Å². The Morgan fingerprint density at radius 2 is 2.05 bits per heavy atom. The lowest BCUT2D eigenvalue weighted by Gasteiger charge is -2.40. The van der Waals surface area contributed by atoms with Gasteiger partial charge in [-0.05, 0) is 30.4 Å². The fourth-order valence-electron chi connectivity index (χ4n) is 2.73. The topological polar surface area (TPSA) is 28.2 Å². The lowest BCUT2D eigenvalue weighted by atomic mass is 9.78. The van der Waals surface area contributed by atoms with Crippen LogP contribution in [0.4, 0.5) is 5.69 Å². The molecule has 1 aromatic rings. The Morgan fingerprint density at radius 1 is 1.35 bits per heavy atom. The van der Waals surface area contributed by atoms with E-state index in [0.29, 0.717) is 11.5 Å². The summed E-state index contributed by atoms with van der Waals surface area (Å²) in [6.07, 6.45) is 5.83. The summed E-state index contributed by atoms with van der Waals surface area (Å²) in [6.45, 7) is 12.3. The molecule has 1 aromatic heterocycles. The molecule has 1 aliphatic heterocycles. The molecule has 0 amide bonds. The van der Waals surface area contributed by atoms with Crippen LogP contribution in [0.1, 0.15) is 52.7 Å². The summed E-state index contributed by atoms with van der Waals surface area (Å²) < 4.78 is 0. The van der Waals surface area contributed by atoms with E-state index in [-0.39, 0.29) is 0 Å². The summed E-state index contributed by atoms with van der Waals surface area (Å²) in [4.78, 5) is 6.97. The fourth-order valence-corrected chi connectivity index (χ4v) is 2.73. The highest BCUT2D eigenvalue weighted by Gasteiger charge is 2.28. The van der Waals surface area contributed by atoms with Crippen LogP contribution >= 0.6 is 0 Å². The molecule has 20 heavy (non-hydrogen) atoms. The van der Waals surface area contributed by atoms with Gasteiger partial charge in [0.05, 0.1) is 5.69 Å². The second-order valence-corrected chi connectivity index (χ2v) is 6.69. The van der Waals surface area contributed by atoms with Crippen molar-refractivity contribution in [2.45, 2.75) is 59.5 Å². The van der Waals surface area contributed by atoms with Crippen LogP contribution in [-0.2, 0) is 6.54 Å². The van der Waals surface area contributed by atoms with Crippen molar-refractivity contribution in [3.8, 4) is 0 Å². The largest absolute Gasteiger partial charge is 0.371 e. The number of piperidine rings is 1. The van der Waals surface area contributed by atoms with Crippen molar-refractivity contribution in [2.24, 2.45) is 5.41 Å². The quantitative estimate of drug-likeness (QED) is 0.890. The molecule has 1 aliphatic rings. The van der Waals surface area contributed by atoms with E-state index in [4.69, 9.17) is 0 Å². The molecule has 0 unspecified atom stereocenters. The lowest BCUT2D eigenvalue weighted by Crippen LogP contribution is -2.38. The van der Waals surface area contributed by atoms with Crippen molar-refractivity contribution in [1.82, 2.24) is 10.3 Å². The normalized spacial score (nSPS) is 18.6. The average molecular weight is 275 g/mol. The molecule has 2 rings (SSSR count). The Bertz CT molecular complexity index is 420. The van der Waals surface area contributed by atoms with Crippen molar-refractivity contribution in [3.63, 3.8) is 0 Å². The van der Waals surface area contributed by atoms with Gasteiger partial charge in [0.15, 0.2) is 0 Å². The molecular weight excluding hydrogens is 246 g/mol. The Balaban J connectivity index is 1.98. The molecule has 1 N–H and O–H groups in total. The number of pyridine rings is 1. The molecule has 0 bridgehead atoms. The first-order valence-corrected chi connectivity index (χ1v) is 7.96. The average Bonchev–Trinajstić information content (AvgIpc) is 2.46. The molecule has 3 heteroatoms. The first kappa shape index (κ1) is 15.3. The Hall–Kier alpha value is -1.09. The van der Waals surface area contributed by atoms with Crippen LogP contribution in [0.25, 0.3) is 0 Å². The highest BCUT2D eigenvalue weighted by molar-refractivity contribution is 5.47. The van der Waals surface area contributed by atoms with Gasteiger partial charge in [-0.25, -0.2) is 0 Å². The number of aromatic nitrogens is 1. The summed E-state index contributed by atoms with van der Waals surface area (Å²) in [5, 5.41) is 3.43. The van der Waals surface area contributed by atoms with E-state index in [1.165, 1.54) is 38.0 Å². The third-order valence-electron chi connectivity index (χ3n) is 4.68. The molecule has 1 saturated heterocycles. The number of hydrogen-bond acceptors (Lipinski definition) is 3. The predicted octanol–water partition coefficient (Wildman–Crippen LogP) is 3.60. The van der Waals surface area contributed by atoms with Gasteiger partial charge in [0.25, 0.3) is 0 Å². The van der Waals surface area contributed by atoms with Gasteiger partial charge in [0.2, 0.25) is 0 Å². The van der Waals surface area contributed by atoms with Crippen molar-refractivity contribution in [2.75, 3.05) is 18.0 Å². The van der Waals surface area contributed by atoms with Crippen molar-refractivity contribution in [3.05, 3.63) is 24.0 Å². The predicted molar refractivity (Wildman–Crippen MR) is 86.1 cm³/mol. The van der Waals surface area contributed by atoms with E-state index in [9.17, 15) is 0 Å². The van der Waals surface area contributed by atoms with Gasteiger partial charge in [0, 0.05) is 37.6 Å². The summed E-state index contributed by atoms with van der Waals surface area (Å²) in [5.74, 6) is 0. The zero-order valence-corrected chi connectivity index (χ0v) is 13.4. The summed E-state index contributed by atoms with van der Waals surface area (Å²) in [6, 6.07) is 4.89. The fraction of sp³-hybridized carbons (Fsp3) is 0.706. The third kappa shape index (κ3) is 3.95. The maximum absolute atomic E-state index is 4.46. The first-order valence-electron chi connectivity index (χ1n) is 7.96. The van der Waals surface area contributed by atoms with Crippen molar-refractivity contribution in [1.29, 1.82) is 0 Å². The van der Waals surface area contributed by atoms with Gasteiger partial charge in [-0.15, -0.1) is 0 Å². The van der Waals surface area contributed by atoms with Gasteiger partial charge in [0.1, 0.15) is 0 Å². The standard InChI is InChI=1S/C17H29N3/c1-5-17(4)7-10-20(11-8-17)16-6-9-18-15(12-16)13-19-14(2)3/h6,9,12,14,19H,5,7-8,10-11,13H2,1-4H3. The van der Waals surface area contributed by atoms with Crippen LogP contribution in [0.3, 0.4) is 0 Å². The van der Waals surface area contributed by atoms with Gasteiger partial charge in [-0.2, -0.15) is 0 Å². The summed E-state index contributed by atoms with van der Waals surface area (Å²) >= 11 is 0. The molecule has 1 fully saturated rings. The number of hydrogen-bond donors (Lipinski definition) is 1. The van der Waals surface area contributed by atoms with Crippen LogP contribution < -0.4 is 10.2 Å². The summed E-state index contributed by atoms with van der Waals surface area (Å²) in [7, 11) is 0. The van der Waals surface area contributed by atoms with E-state index in [0.717, 1.165) is 12.2 Å². The number of anilines is 1. The van der Waals surface area contributed by atoms with Crippen LogP contribution in [0.2, 0.25) is 0 Å².